The van der Waals surface area contributed by atoms with Crippen LogP contribution in [0.3, 0.4) is 0 Å². The van der Waals surface area contributed by atoms with E-state index in [1.165, 1.54) is 0 Å². The molecule has 0 fully saturated rings. The van der Waals surface area contributed by atoms with E-state index in [0.29, 0.717) is 0 Å². The molecule has 2 rings (SSSR count). The zero-order valence-corrected chi connectivity index (χ0v) is 9.64. The van der Waals surface area contributed by atoms with Crippen LogP contribution in [0.15, 0.2) is 24.4 Å². The Bertz CT molecular complexity index is 488. The van der Waals surface area contributed by atoms with E-state index in [0.717, 1.165) is 35.5 Å². The molecule has 0 aliphatic carbocycles. The molecule has 0 amide bonds. The molecular weight excluding hydrogens is 200 g/mol. The highest BCUT2D eigenvalue weighted by atomic mass is 15.4. The molecule has 16 heavy (non-hydrogen) atoms. The van der Waals surface area contributed by atoms with Crippen molar-refractivity contribution >= 4 is 5.69 Å². The summed E-state index contributed by atoms with van der Waals surface area (Å²) in [6.07, 6.45) is 2.83. The Morgan fingerprint density at radius 1 is 1.38 bits per heavy atom. The number of anilines is 1. The molecule has 2 N–H and O–H groups in total. The van der Waals surface area contributed by atoms with Crippen molar-refractivity contribution in [3.63, 3.8) is 0 Å². The minimum atomic E-state index is 0.807. The van der Waals surface area contributed by atoms with Crippen molar-refractivity contribution in [2.24, 2.45) is 0 Å². The van der Waals surface area contributed by atoms with E-state index in [1.54, 1.807) is 6.20 Å². The van der Waals surface area contributed by atoms with Gasteiger partial charge in [0.2, 0.25) is 0 Å². The number of hydrogen-bond donors (Lipinski definition) is 1. The van der Waals surface area contributed by atoms with E-state index in [-0.39, 0.29) is 0 Å². The largest absolute Gasteiger partial charge is 0.398 e. The summed E-state index contributed by atoms with van der Waals surface area (Å²) in [6.45, 7) is 5.02. The molecule has 0 spiro atoms. The van der Waals surface area contributed by atoms with Gasteiger partial charge in [-0.25, -0.2) is 4.68 Å². The minimum absolute atomic E-state index is 0.807. The van der Waals surface area contributed by atoms with Gasteiger partial charge in [0, 0.05) is 17.8 Å². The smallest absolute Gasteiger partial charge is 0.0888 e. The average Bonchev–Trinajstić information content (AvgIpc) is 2.71. The van der Waals surface area contributed by atoms with E-state index >= 15 is 0 Å². The van der Waals surface area contributed by atoms with E-state index in [4.69, 9.17) is 5.73 Å². The normalized spacial score (nSPS) is 10.6. The Morgan fingerprint density at radius 3 is 2.94 bits per heavy atom. The Balaban J connectivity index is 2.50. The van der Waals surface area contributed by atoms with Gasteiger partial charge < -0.3 is 5.73 Å². The summed E-state index contributed by atoms with van der Waals surface area (Å²) >= 11 is 0. The Labute approximate surface area is 95.1 Å². The number of rotatable bonds is 3. The lowest BCUT2D eigenvalue weighted by Gasteiger charge is -2.09. The number of nitrogens with zero attached hydrogens (tertiary/aromatic N) is 3. The Kier molecular flexibility index (Phi) is 2.90. The molecule has 0 aliphatic rings. The van der Waals surface area contributed by atoms with Crippen molar-refractivity contribution < 1.29 is 0 Å². The molecule has 4 nitrogen and oxygen atoms in total. The van der Waals surface area contributed by atoms with E-state index < -0.39 is 0 Å². The van der Waals surface area contributed by atoms with Crippen molar-refractivity contribution in [1.82, 2.24) is 15.0 Å². The van der Waals surface area contributed by atoms with Crippen molar-refractivity contribution in [3.05, 3.63) is 30.0 Å². The molecule has 0 saturated heterocycles. The van der Waals surface area contributed by atoms with Gasteiger partial charge >= 0.3 is 0 Å². The van der Waals surface area contributed by atoms with Crippen LogP contribution in [-0.2, 0) is 6.54 Å². The van der Waals surface area contributed by atoms with Crippen molar-refractivity contribution in [2.45, 2.75) is 26.8 Å². The maximum atomic E-state index is 5.90. The van der Waals surface area contributed by atoms with Gasteiger partial charge in [-0.2, -0.15) is 0 Å². The minimum Gasteiger partial charge on any atom is -0.398 e. The summed E-state index contributed by atoms with van der Waals surface area (Å²) in [4.78, 5) is 0. The maximum Gasteiger partial charge on any atom is 0.0888 e. The van der Waals surface area contributed by atoms with Gasteiger partial charge in [0.15, 0.2) is 0 Å². The molecule has 0 radical (unpaired) electrons. The fourth-order valence-electron chi connectivity index (χ4n) is 1.77. The number of nitrogen functional groups attached to an aromatic ring is 1. The predicted molar refractivity (Wildman–Crippen MR) is 64.9 cm³/mol. The third kappa shape index (κ3) is 1.78. The molecular formula is C12H16N4. The number of aromatic nitrogens is 3. The van der Waals surface area contributed by atoms with Gasteiger partial charge in [-0.15, -0.1) is 5.10 Å². The monoisotopic (exact) mass is 216 g/mol. The van der Waals surface area contributed by atoms with Crippen LogP contribution in [0.1, 0.15) is 18.9 Å². The summed E-state index contributed by atoms with van der Waals surface area (Å²) < 4.78 is 1.92. The first-order valence-electron chi connectivity index (χ1n) is 5.48. The molecule has 2 aromatic rings. The first kappa shape index (κ1) is 10.7. The first-order chi connectivity index (χ1) is 7.74. The van der Waals surface area contributed by atoms with Gasteiger partial charge in [-0.3, -0.25) is 0 Å². The molecule has 0 unspecified atom stereocenters. The highest BCUT2D eigenvalue weighted by molar-refractivity contribution is 5.69. The number of aryl methyl sites for hydroxylation is 1. The first-order valence-corrected chi connectivity index (χ1v) is 5.48. The molecule has 0 bridgehead atoms. The lowest BCUT2D eigenvalue weighted by Crippen LogP contribution is -2.03. The highest BCUT2D eigenvalue weighted by Gasteiger charge is 2.09. The van der Waals surface area contributed by atoms with Crippen LogP contribution in [0.2, 0.25) is 0 Å². The van der Waals surface area contributed by atoms with Crippen LogP contribution in [0.25, 0.3) is 11.3 Å². The van der Waals surface area contributed by atoms with E-state index in [9.17, 15) is 0 Å². The Hall–Kier alpha value is -1.84. The molecule has 4 heteroatoms. The topological polar surface area (TPSA) is 56.7 Å². The molecule has 0 atom stereocenters. The van der Waals surface area contributed by atoms with Gasteiger partial charge in [0.05, 0.1) is 11.9 Å². The second kappa shape index (κ2) is 4.35. The predicted octanol–water partition coefficient (Wildman–Crippen LogP) is 2.25. The van der Waals surface area contributed by atoms with Crippen LogP contribution in [0, 0.1) is 6.92 Å². The van der Waals surface area contributed by atoms with Crippen LogP contribution >= 0.6 is 0 Å². The zero-order chi connectivity index (χ0) is 11.5. The number of nitrogens with two attached hydrogens (primary N) is 1. The standard InChI is InChI=1S/C12H16N4/c1-3-7-16-12(8-14-15-16)10-5-4-6-11(13)9(10)2/h4-6,8H,3,7,13H2,1-2H3. The third-order valence-corrected chi connectivity index (χ3v) is 2.70. The molecule has 0 aliphatic heterocycles. The number of hydrogen-bond acceptors (Lipinski definition) is 3. The second-order valence-corrected chi connectivity index (χ2v) is 3.86. The molecule has 84 valence electrons. The van der Waals surface area contributed by atoms with Crippen LogP contribution < -0.4 is 5.73 Å². The fourth-order valence-corrected chi connectivity index (χ4v) is 1.77. The van der Waals surface area contributed by atoms with Crippen LogP contribution in [-0.4, -0.2) is 15.0 Å². The van der Waals surface area contributed by atoms with Gasteiger partial charge in [-0.1, -0.05) is 24.3 Å². The summed E-state index contributed by atoms with van der Waals surface area (Å²) in [5, 5.41) is 8.04. The lowest BCUT2D eigenvalue weighted by atomic mass is 10.0. The quantitative estimate of drug-likeness (QED) is 0.800. The molecule has 1 heterocycles. The highest BCUT2D eigenvalue weighted by Crippen LogP contribution is 2.26. The van der Waals surface area contributed by atoms with Crippen LogP contribution in [0.5, 0.6) is 0 Å². The summed E-state index contributed by atoms with van der Waals surface area (Å²) in [7, 11) is 0. The van der Waals surface area contributed by atoms with E-state index in [2.05, 4.69) is 23.3 Å². The van der Waals surface area contributed by atoms with E-state index in [1.807, 2.05) is 23.7 Å². The van der Waals surface area contributed by atoms with Gasteiger partial charge in [0.1, 0.15) is 0 Å². The average molecular weight is 216 g/mol. The molecule has 0 saturated carbocycles. The van der Waals surface area contributed by atoms with Gasteiger partial charge in [0.25, 0.3) is 0 Å². The maximum absolute atomic E-state index is 5.90. The number of benzene rings is 1. The summed E-state index contributed by atoms with van der Waals surface area (Å²) in [6, 6.07) is 5.92. The lowest BCUT2D eigenvalue weighted by molar-refractivity contribution is 0.584. The second-order valence-electron chi connectivity index (χ2n) is 3.86. The van der Waals surface area contributed by atoms with Crippen LogP contribution in [0.4, 0.5) is 5.69 Å². The summed E-state index contributed by atoms with van der Waals surface area (Å²) in [5.41, 5.74) is 9.94. The fraction of sp³-hybridized carbons (Fsp3) is 0.333. The van der Waals surface area contributed by atoms with Crippen molar-refractivity contribution in [2.75, 3.05) is 5.73 Å². The van der Waals surface area contributed by atoms with Gasteiger partial charge in [-0.05, 0) is 25.0 Å². The Morgan fingerprint density at radius 2 is 2.19 bits per heavy atom. The SMILES string of the molecule is CCCn1nncc1-c1cccc(N)c1C. The van der Waals surface area contributed by atoms with Crippen molar-refractivity contribution in [1.29, 1.82) is 0 Å². The van der Waals surface area contributed by atoms with Crippen molar-refractivity contribution in [3.8, 4) is 11.3 Å². The third-order valence-electron chi connectivity index (χ3n) is 2.70. The summed E-state index contributed by atoms with van der Waals surface area (Å²) in [5.74, 6) is 0. The zero-order valence-electron chi connectivity index (χ0n) is 9.64. The molecule has 1 aromatic carbocycles. The molecule has 1 aromatic heterocycles.